The highest BCUT2D eigenvalue weighted by Gasteiger charge is 2.15. The van der Waals surface area contributed by atoms with Crippen LogP contribution in [-0.2, 0) is 4.74 Å². The summed E-state index contributed by atoms with van der Waals surface area (Å²) in [5, 5.41) is 0. The van der Waals surface area contributed by atoms with Crippen LogP contribution in [-0.4, -0.2) is 19.3 Å². The minimum atomic E-state index is 0.224. The van der Waals surface area contributed by atoms with Crippen molar-refractivity contribution in [3.63, 3.8) is 0 Å². The van der Waals surface area contributed by atoms with E-state index in [0.717, 1.165) is 23.2 Å². The molecule has 1 aromatic rings. The SMILES string of the molecule is Nc1cccc(OCC2CCCCO2)c1Br. The summed E-state index contributed by atoms with van der Waals surface area (Å²) in [4.78, 5) is 0. The maximum Gasteiger partial charge on any atom is 0.135 e. The Morgan fingerprint density at radius 3 is 3.06 bits per heavy atom. The fraction of sp³-hybridized carbons (Fsp3) is 0.500. The van der Waals surface area contributed by atoms with Crippen LogP contribution >= 0.6 is 15.9 Å². The van der Waals surface area contributed by atoms with E-state index in [1.54, 1.807) is 0 Å². The van der Waals surface area contributed by atoms with Crippen molar-refractivity contribution in [1.29, 1.82) is 0 Å². The number of anilines is 1. The van der Waals surface area contributed by atoms with Gasteiger partial charge in [0.15, 0.2) is 0 Å². The number of ether oxygens (including phenoxy) is 2. The Balaban J connectivity index is 1.91. The maximum atomic E-state index is 5.77. The summed E-state index contributed by atoms with van der Waals surface area (Å²) in [6.07, 6.45) is 3.70. The van der Waals surface area contributed by atoms with Crippen molar-refractivity contribution >= 4 is 21.6 Å². The highest BCUT2D eigenvalue weighted by atomic mass is 79.9. The second-order valence-corrected chi connectivity index (χ2v) is 4.75. The molecule has 1 aromatic carbocycles. The first-order valence-electron chi connectivity index (χ1n) is 5.56. The molecule has 1 atom stereocenters. The maximum absolute atomic E-state index is 5.77. The molecule has 1 aliphatic heterocycles. The number of nitrogens with two attached hydrogens (primary N) is 1. The monoisotopic (exact) mass is 285 g/mol. The summed E-state index contributed by atoms with van der Waals surface area (Å²) in [6, 6.07) is 5.63. The van der Waals surface area contributed by atoms with Gasteiger partial charge in [-0.15, -0.1) is 0 Å². The van der Waals surface area contributed by atoms with Gasteiger partial charge in [-0.1, -0.05) is 6.07 Å². The van der Waals surface area contributed by atoms with Crippen molar-refractivity contribution in [2.75, 3.05) is 18.9 Å². The third-order valence-electron chi connectivity index (χ3n) is 2.69. The number of hydrogen-bond donors (Lipinski definition) is 1. The van der Waals surface area contributed by atoms with Crippen molar-refractivity contribution < 1.29 is 9.47 Å². The molecule has 88 valence electrons. The predicted octanol–water partition coefficient (Wildman–Crippen LogP) is 2.98. The Bertz CT molecular complexity index is 351. The van der Waals surface area contributed by atoms with E-state index in [1.807, 2.05) is 18.2 Å². The summed E-state index contributed by atoms with van der Waals surface area (Å²) < 4.78 is 12.1. The van der Waals surface area contributed by atoms with Gasteiger partial charge in [0.2, 0.25) is 0 Å². The van der Waals surface area contributed by atoms with Gasteiger partial charge in [0.05, 0.1) is 10.6 Å². The molecule has 16 heavy (non-hydrogen) atoms. The predicted molar refractivity (Wildman–Crippen MR) is 67.6 cm³/mol. The topological polar surface area (TPSA) is 44.5 Å². The summed E-state index contributed by atoms with van der Waals surface area (Å²) >= 11 is 3.41. The fourth-order valence-corrected chi connectivity index (χ4v) is 2.14. The average Bonchev–Trinajstić information content (AvgIpc) is 2.32. The van der Waals surface area contributed by atoms with Gasteiger partial charge in [-0.2, -0.15) is 0 Å². The van der Waals surface area contributed by atoms with Gasteiger partial charge in [-0.3, -0.25) is 0 Å². The summed E-state index contributed by atoms with van der Waals surface area (Å²) in [5.74, 6) is 0.786. The standard InChI is InChI=1S/C12H16BrNO2/c13-12-10(14)5-3-6-11(12)16-8-9-4-1-2-7-15-9/h3,5-6,9H,1-2,4,7-8,14H2. The lowest BCUT2D eigenvalue weighted by molar-refractivity contribution is -0.0112. The number of hydrogen-bond acceptors (Lipinski definition) is 3. The Kier molecular flexibility index (Phi) is 4.07. The molecule has 3 nitrogen and oxygen atoms in total. The van der Waals surface area contributed by atoms with Crippen LogP contribution in [0.3, 0.4) is 0 Å². The smallest absolute Gasteiger partial charge is 0.135 e. The van der Waals surface area contributed by atoms with Crippen LogP contribution in [0.1, 0.15) is 19.3 Å². The quantitative estimate of drug-likeness (QED) is 0.869. The lowest BCUT2D eigenvalue weighted by Crippen LogP contribution is -2.25. The van der Waals surface area contributed by atoms with Crippen molar-refractivity contribution in [1.82, 2.24) is 0 Å². The number of rotatable bonds is 3. The van der Waals surface area contributed by atoms with E-state index in [-0.39, 0.29) is 6.10 Å². The van der Waals surface area contributed by atoms with Crippen LogP contribution in [0.25, 0.3) is 0 Å². The number of halogens is 1. The highest BCUT2D eigenvalue weighted by Crippen LogP contribution is 2.30. The van der Waals surface area contributed by atoms with Crippen molar-refractivity contribution in [2.45, 2.75) is 25.4 Å². The summed E-state index contributed by atoms with van der Waals surface area (Å²) in [6.45, 7) is 1.45. The Hall–Kier alpha value is -0.740. The van der Waals surface area contributed by atoms with Gasteiger partial charge >= 0.3 is 0 Å². The molecule has 1 aliphatic rings. The Labute approximate surface area is 104 Å². The zero-order valence-electron chi connectivity index (χ0n) is 9.12. The number of nitrogen functional groups attached to an aromatic ring is 1. The molecular formula is C12H16BrNO2. The lowest BCUT2D eigenvalue weighted by atomic mass is 10.1. The first kappa shape index (κ1) is 11.7. The number of benzene rings is 1. The van der Waals surface area contributed by atoms with Crippen LogP contribution in [0.15, 0.2) is 22.7 Å². The Morgan fingerprint density at radius 1 is 1.44 bits per heavy atom. The molecular weight excluding hydrogens is 270 g/mol. The average molecular weight is 286 g/mol. The van der Waals surface area contributed by atoms with E-state index in [9.17, 15) is 0 Å². The lowest BCUT2D eigenvalue weighted by Gasteiger charge is -2.23. The van der Waals surface area contributed by atoms with Crippen LogP contribution in [0, 0.1) is 0 Å². The minimum absolute atomic E-state index is 0.224. The zero-order chi connectivity index (χ0) is 11.4. The van der Waals surface area contributed by atoms with Crippen LogP contribution < -0.4 is 10.5 Å². The minimum Gasteiger partial charge on any atom is -0.490 e. The van der Waals surface area contributed by atoms with E-state index in [0.29, 0.717) is 12.3 Å². The van der Waals surface area contributed by atoms with E-state index in [2.05, 4.69) is 15.9 Å². The fourth-order valence-electron chi connectivity index (χ4n) is 1.76. The summed E-state index contributed by atoms with van der Waals surface area (Å²) in [5.41, 5.74) is 6.47. The first-order valence-corrected chi connectivity index (χ1v) is 6.35. The molecule has 2 N–H and O–H groups in total. The third kappa shape index (κ3) is 2.89. The second-order valence-electron chi connectivity index (χ2n) is 3.96. The molecule has 1 saturated heterocycles. The Morgan fingerprint density at radius 2 is 2.31 bits per heavy atom. The van der Waals surface area contributed by atoms with Gasteiger partial charge < -0.3 is 15.2 Å². The molecule has 0 radical (unpaired) electrons. The van der Waals surface area contributed by atoms with Gasteiger partial charge in [0.25, 0.3) is 0 Å². The van der Waals surface area contributed by atoms with Crippen molar-refractivity contribution in [3.8, 4) is 5.75 Å². The zero-order valence-corrected chi connectivity index (χ0v) is 10.7. The van der Waals surface area contributed by atoms with Crippen LogP contribution in [0.5, 0.6) is 5.75 Å². The second kappa shape index (κ2) is 5.55. The van der Waals surface area contributed by atoms with E-state index >= 15 is 0 Å². The molecule has 1 heterocycles. The molecule has 4 heteroatoms. The molecule has 0 aromatic heterocycles. The largest absolute Gasteiger partial charge is 0.490 e. The molecule has 1 fully saturated rings. The molecule has 0 saturated carbocycles. The van der Waals surface area contributed by atoms with E-state index in [1.165, 1.54) is 12.8 Å². The molecule has 0 bridgehead atoms. The van der Waals surface area contributed by atoms with Gasteiger partial charge in [-0.05, 0) is 47.3 Å². The van der Waals surface area contributed by atoms with Crippen LogP contribution in [0.4, 0.5) is 5.69 Å². The molecule has 0 amide bonds. The molecule has 0 spiro atoms. The highest BCUT2D eigenvalue weighted by molar-refractivity contribution is 9.10. The van der Waals surface area contributed by atoms with Gasteiger partial charge in [0.1, 0.15) is 12.4 Å². The molecule has 2 rings (SSSR count). The van der Waals surface area contributed by atoms with Crippen molar-refractivity contribution in [2.24, 2.45) is 0 Å². The first-order chi connectivity index (χ1) is 7.77. The molecule has 0 aliphatic carbocycles. The van der Waals surface area contributed by atoms with Crippen molar-refractivity contribution in [3.05, 3.63) is 22.7 Å². The molecule has 1 unspecified atom stereocenters. The normalized spacial score (nSPS) is 20.7. The van der Waals surface area contributed by atoms with E-state index < -0.39 is 0 Å². The van der Waals surface area contributed by atoms with Gasteiger partial charge in [0, 0.05) is 12.3 Å². The van der Waals surface area contributed by atoms with Gasteiger partial charge in [-0.25, -0.2) is 0 Å². The van der Waals surface area contributed by atoms with Crippen LogP contribution in [0.2, 0.25) is 0 Å². The summed E-state index contributed by atoms with van der Waals surface area (Å²) in [7, 11) is 0. The van der Waals surface area contributed by atoms with E-state index in [4.69, 9.17) is 15.2 Å². The third-order valence-corrected chi connectivity index (χ3v) is 3.54.